The molecule has 0 bridgehead atoms. The van der Waals surface area contributed by atoms with Crippen molar-refractivity contribution < 1.29 is 9.59 Å². The van der Waals surface area contributed by atoms with Gasteiger partial charge in [-0.2, -0.15) is 0 Å². The van der Waals surface area contributed by atoms with Crippen molar-refractivity contribution >= 4 is 11.7 Å². The van der Waals surface area contributed by atoms with E-state index < -0.39 is 12.1 Å². The highest BCUT2D eigenvalue weighted by Crippen LogP contribution is 2.35. The maximum Gasteiger partial charge on any atom is 0.240 e. The fraction of sp³-hybridized carbons (Fsp3) is 0.515. The van der Waals surface area contributed by atoms with Crippen LogP contribution in [0, 0.1) is 17.8 Å². The Labute approximate surface area is 241 Å². The van der Waals surface area contributed by atoms with Crippen LogP contribution in [0.3, 0.4) is 0 Å². The van der Waals surface area contributed by atoms with Gasteiger partial charge in [-0.05, 0) is 54.6 Å². The van der Waals surface area contributed by atoms with Crippen LogP contribution in [0.15, 0.2) is 73.7 Å². The highest BCUT2D eigenvalue weighted by molar-refractivity contribution is 5.98. The zero-order valence-electron chi connectivity index (χ0n) is 24.7. The number of likely N-dealkylation sites (tertiary alicyclic amines) is 1. The molecule has 4 atom stereocenters. The third-order valence-corrected chi connectivity index (χ3v) is 8.34. The van der Waals surface area contributed by atoms with Crippen molar-refractivity contribution in [3.8, 4) is 0 Å². The molecule has 0 spiro atoms. The second kappa shape index (κ2) is 14.4. The number of fused-ring (bicyclic) bond motifs is 1. The monoisotopic (exact) mass is 547 g/mol. The summed E-state index contributed by atoms with van der Waals surface area (Å²) in [6.07, 6.45) is 5.65. The van der Waals surface area contributed by atoms with Crippen LogP contribution in [0.4, 0.5) is 0 Å². The Balaban J connectivity index is 1.83. The molecule has 5 N–H and O–H groups in total. The first kappa shape index (κ1) is 31.2. The third-order valence-electron chi connectivity index (χ3n) is 8.34. The van der Waals surface area contributed by atoms with Crippen LogP contribution in [-0.2, 0) is 22.4 Å². The van der Waals surface area contributed by atoms with Gasteiger partial charge in [0.05, 0.1) is 23.8 Å². The van der Waals surface area contributed by atoms with Gasteiger partial charge < -0.3 is 26.6 Å². The SMILES string of the molecule is C=CCNC(=C)C(=O)C(CCC)NC(=C)C1C[C@@H](C(C)C)CN1C(=O)C(NCC(=C)N)C1Cc2ccccc2C1. The molecule has 7 nitrogen and oxygen atoms in total. The van der Waals surface area contributed by atoms with Crippen LogP contribution in [0.25, 0.3) is 0 Å². The van der Waals surface area contributed by atoms with Gasteiger partial charge in [-0.3, -0.25) is 9.59 Å². The van der Waals surface area contributed by atoms with Gasteiger partial charge in [-0.1, -0.05) is 77.3 Å². The lowest BCUT2D eigenvalue weighted by atomic mass is 9.92. The second-order valence-electron chi connectivity index (χ2n) is 11.7. The van der Waals surface area contributed by atoms with Crippen LogP contribution >= 0.6 is 0 Å². The number of Topliss-reactive ketones (excluding diaryl/α,β-unsaturated/α-hetero) is 1. The molecule has 7 heteroatoms. The largest absolute Gasteiger partial charge is 0.401 e. The molecule has 1 heterocycles. The Bertz CT molecular complexity index is 1080. The summed E-state index contributed by atoms with van der Waals surface area (Å²) < 4.78 is 0. The standard InChI is InChI=1S/C33H49N5O2/c1-8-12-29(32(39)24(7)35-15-9-2)37-23(6)30-18-28(21(3)4)20-38(30)33(40)31(36-19-22(5)34)27-16-25-13-10-11-14-26(25)17-27/h9-11,13-14,21,27-31,35-37H,2,5-8,12,15-20,34H2,1,3-4H3/t28-,29?,30?,31?/m1/s1. The molecule has 1 saturated heterocycles. The molecule has 0 aromatic heterocycles. The zero-order valence-corrected chi connectivity index (χ0v) is 24.7. The van der Waals surface area contributed by atoms with Gasteiger partial charge in [0.2, 0.25) is 5.91 Å². The van der Waals surface area contributed by atoms with Crippen LogP contribution in [-0.4, -0.2) is 54.4 Å². The average molecular weight is 548 g/mol. The topological polar surface area (TPSA) is 99.5 Å². The summed E-state index contributed by atoms with van der Waals surface area (Å²) in [6, 6.07) is 7.35. The Morgan fingerprint density at radius 3 is 2.33 bits per heavy atom. The van der Waals surface area contributed by atoms with Crippen molar-refractivity contribution in [2.24, 2.45) is 23.5 Å². The van der Waals surface area contributed by atoms with E-state index in [-0.39, 0.29) is 23.7 Å². The molecule has 2 aliphatic rings. The fourth-order valence-corrected chi connectivity index (χ4v) is 6.00. The van der Waals surface area contributed by atoms with Gasteiger partial charge in [-0.25, -0.2) is 0 Å². The number of hydrogen-bond acceptors (Lipinski definition) is 6. The van der Waals surface area contributed by atoms with Gasteiger partial charge in [0.1, 0.15) is 0 Å². The maximum atomic E-state index is 14.4. The van der Waals surface area contributed by atoms with E-state index in [1.54, 1.807) is 6.08 Å². The minimum atomic E-state index is -0.462. The van der Waals surface area contributed by atoms with E-state index in [1.165, 1.54) is 11.1 Å². The molecule has 1 fully saturated rings. The van der Waals surface area contributed by atoms with Crippen LogP contribution < -0.4 is 21.7 Å². The first-order chi connectivity index (χ1) is 19.1. The van der Waals surface area contributed by atoms with Crippen molar-refractivity contribution in [3.05, 3.63) is 84.9 Å². The van der Waals surface area contributed by atoms with Crippen molar-refractivity contribution in [3.63, 3.8) is 0 Å². The summed E-state index contributed by atoms with van der Waals surface area (Å²) >= 11 is 0. The Kier molecular flexibility index (Phi) is 11.2. The fourth-order valence-electron chi connectivity index (χ4n) is 6.00. The molecule has 1 amide bonds. The molecule has 3 unspecified atom stereocenters. The highest BCUT2D eigenvalue weighted by atomic mass is 16.2. The number of ketones is 1. The van der Waals surface area contributed by atoms with Crippen molar-refractivity contribution in [1.82, 2.24) is 20.9 Å². The predicted octanol–water partition coefficient (Wildman–Crippen LogP) is 3.84. The summed E-state index contributed by atoms with van der Waals surface area (Å²) in [6.45, 7) is 23.8. The highest BCUT2D eigenvalue weighted by Gasteiger charge is 2.43. The van der Waals surface area contributed by atoms with Crippen LogP contribution in [0.1, 0.15) is 51.2 Å². The average Bonchev–Trinajstić information content (AvgIpc) is 3.56. The quantitative estimate of drug-likeness (QED) is 0.185. The summed E-state index contributed by atoms with van der Waals surface area (Å²) in [7, 11) is 0. The lowest BCUT2D eigenvalue weighted by molar-refractivity contribution is -0.135. The molecule has 1 aliphatic carbocycles. The van der Waals surface area contributed by atoms with Crippen molar-refractivity contribution in [2.45, 2.75) is 71.0 Å². The summed E-state index contributed by atoms with van der Waals surface area (Å²) in [5.74, 6) is 0.840. The van der Waals surface area contributed by atoms with Crippen LogP contribution in [0.2, 0.25) is 0 Å². The number of carbonyl (C=O) groups is 2. The summed E-state index contributed by atoms with van der Waals surface area (Å²) in [4.78, 5) is 29.6. The van der Waals surface area contributed by atoms with E-state index >= 15 is 0 Å². The van der Waals surface area contributed by atoms with Gasteiger partial charge in [0.15, 0.2) is 5.78 Å². The lowest BCUT2D eigenvalue weighted by Gasteiger charge is -2.34. The Hall–Kier alpha value is -3.32. The van der Waals surface area contributed by atoms with E-state index in [2.05, 4.69) is 80.4 Å². The van der Waals surface area contributed by atoms with Crippen LogP contribution in [0.5, 0.6) is 0 Å². The van der Waals surface area contributed by atoms with E-state index in [9.17, 15) is 9.59 Å². The first-order valence-corrected chi connectivity index (χ1v) is 14.6. The predicted molar refractivity (Wildman–Crippen MR) is 164 cm³/mol. The molecular formula is C33H49N5O2. The molecule has 1 aromatic rings. The van der Waals surface area contributed by atoms with E-state index in [4.69, 9.17) is 5.73 Å². The number of rotatable bonds is 16. The van der Waals surface area contributed by atoms with E-state index in [1.807, 2.05) is 11.8 Å². The number of carbonyl (C=O) groups excluding carboxylic acids is 2. The lowest BCUT2D eigenvalue weighted by Crippen LogP contribution is -2.54. The smallest absolute Gasteiger partial charge is 0.240 e. The maximum absolute atomic E-state index is 14.4. The van der Waals surface area contributed by atoms with Crippen molar-refractivity contribution in [2.75, 3.05) is 19.6 Å². The molecule has 0 radical (unpaired) electrons. The summed E-state index contributed by atoms with van der Waals surface area (Å²) in [5, 5.41) is 9.87. The first-order valence-electron chi connectivity index (χ1n) is 14.6. The van der Waals surface area contributed by atoms with E-state index in [0.29, 0.717) is 55.0 Å². The van der Waals surface area contributed by atoms with Gasteiger partial charge in [0, 0.05) is 31.0 Å². The van der Waals surface area contributed by atoms with Gasteiger partial charge in [0.25, 0.3) is 0 Å². The molecule has 40 heavy (non-hydrogen) atoms. The number of nitrogens with one attached hydrogen (secondary N) is 3. The number of hydrogen-bond donors (Lipinski definition) is 4. The normalized spacial score (nSPS) is 20.1. The zero-order chi connectivity index (χ0) is 29.4. The summed E-state index contributed by atoms with van der Waals surface area (Å²) in [5.41, 5.74) is 10.1. The third kappa shape index (κ3) is 7.66. The number of amides is 1. The Morgan fingerprint density at radius 2 is 1.77 bits per heavy atom. The molecule has 1 aliphatic heterocycles. The number of nitrogens with two attached hydrogens (primary N) is 1. The van der Waals surface area contributed by atoms with Crippen molar-refractivity contribution in [1.29, 1.82) is 0 Å². The van der Waals surface area contributed by atoms with Gasteiger partial charge >= 0.3 is 0 Å². The molecular weight excluding hydrogens is 498 g/mol. The minimum Gasteiger partial charge on any atom is -0.401 e. The number of benzene rings is 1. The number of nitrogens with zero attached hydrogens (tertiary/aromatic N) is 1. The minimum absolute atomic E-state index is 0.0607. The van der Waals surface area contributed by atoms with Gasteiger partial charge in [-0.15, -0.1) is 6.58 Å². The molecule has 218 valence electrons. The molecule has 3 rings (SSSR count). The molecule has 0 saturated carbocycles. The Morgan fingerprint density at radius 1 is 1.12 bits per heavy atom. The van der Waals surface area contributed by atoms with E-state index in [0.717, 1.165) is 25.7 Å². The molecule has 1 aromatic carbocycles. The second-order valence-corrected chi connectivity index (χ2v) is 11.7.